The third kappa shape index (κ3) is 3.43. The highest BCUT2D eigenvalue weighted by atomic mass is 19.4. The second-order valence-corrected chi connectivity index (χ2v) is 5.50. The first kappa shape index (κ1) is 15.7. The van der Waals surface area contributed by atoms with Crippen LogP contribution in [-0.4, -0.2) is 26.9 Å². The van der Waals surface area contributed by atoms with Crippen molar-refractivity contribution in [2.45, 2.75) is 44.8 Å². The molecule has 0 radical (unpaired) electrons. The van der Waals surface area contributed by atoms with Gasteiger partial charge in [-0.15, -0.1) is 10.2 Å². The minimum Gasteiger partial charge on any atom is -0.345 e. The SMILES string of the molecule is Cc1nc([C@H]2CCCCCN2c2ccc(C(F)(F)F)nn2)no1. The highest BCUT2D eigenvalue weighted by Gasteiger charge is 2.34. The van der Waals surface area contributed by atoms with Crippen molar-refractivity contribution in [3.05, 3.63) is 29.5 Å². The van der Waals surface area contributed by atoms with Crippen molar-refractivity contribution in [2.24, 2.45) is 0 Å². The summed E-state index contributed by atoms with van der Waals surface area (Å²) in [6, 6.07) is 2.13. The number of aryl methyl sites for hydroxylation is 1. The Balaban J connectivity index is 1.90. The van der Waals surface area contributed by atoms with Gasteiger partial charge in [-0.25, -0.2) is 0 Å². The zero-order chi connectivity index (χ0) is 16.4. The van der Waals surface area contributed by atoms with Crippen molar-refractivity contribution in [1.29, 1.82) is 0 Å². The van der Waals surface area contributed by atoms with Crippen molar-refractivity contribution in [3.63, 3.8) is 0 Å². The van der Waals surface area contributed by atoms with Gasteiger partial charge in [-0.1, -0.05) is 18.0 Å². The van der Waals surface area contributed by atoms with Crippen LogP contribution in [0.25, 0.3) is 0 Å². The highest BCUT2D eigenvalue weighted by Crippen LogP contribution is 2.33. The maximum absolute atomic E-state index is 12.6. The molecule has 6 nitrogen and oxygen atoms in total. The number of anilines is 1. The molecule has 1 atom stereocenters. The second kappa shape index (κ2) is 6.13. The molecule has 0 saturated carbocycles. The molecule has 0 N–H and O–H groups in total. The summed E-state index contributed by atoms with van der Waals surface area (Å²) in [5.74, 6) is 1.39. The normalized spacial score (nSPS) is 19.7. The number of alkyl halides is 3. The van der Waals surface area contributed by atoms with Gasteiger partial charge in [-0.3, -0.25) is 0 Å². The molecule has 9 heteroatoms. The average molecular weight is 327 g/mol. The molecule has 0 amide bonds. The highest BCUT2D eigenvalue weighted by molar-refractivity contribution is 5.40. The lowest BCUT2D eigenvalue weighted by Crippen LogP contribution is -2.30. The fourth-order valence-electron chi connectivity index (χ4n) is 2.73. The molecule has 1 aliphatic heterocycles. The summed E-state index contributed by atoms with van der Waals surface area (Å²) < 4.78 is 42.9. The Labute approximate surface area is 130 Å². The Bertz CT molecular complexity index is 655. The number of aromatic nitrogens is 4. The maximum Gasteiger partial charge on any atom is 0.435 e. The molecular weight excluding hydrogens is 311 g/mol. The van der Waals surface area contributed by atoms with Crippen LogP contribution in [0.1, 0.15) is 49.1 Å². The molecule has 0 spiro atoms. The molecule has 1 aliphatic rings. The number of hydrogen-bond acceptors (Lipinski definition) is 6. The minimum absolute atomic E-state index is 0.166. The van der Waals surface area contributed by atoms with E-state index in [2.05, 4.69) is 20.3 Å². The summed E-state index contributed by atoms with van der Waals surface area (Å²) in [6.07, 6.45) is -0.743. The van der Waals surface area contributed by atoms with Crippen LogP contribution >= 0.6 is 0 Å². The van der Waals surface area contributed by atoms with E-state index < -0.39 is 11.9 Å². The molecular formula is C14H16F3N5O. The quantitative estimate of drug-likeness (QED) is 0.843. The van der Waals surface area contributed by atoms with Crippen LogP contribution in [0.3, 0.4) is 0 Å². The lowest BCUT2D eigenvalue weighted by Gasteiger charge is -2.28. The van der Waals surface area contributed by atoms with Gasteiger partial charge >= 0.3 is 6.18 Å². The maximum atomic E-state index is 12.6. The first-order valence-corrected chi connectivity index (χ1v) is 7.43. The Morgan fingerprint density at radius 3 is 2.61 bits per heavy atom. The Kier molecular flexibility index (Phi) is 4.18. The first-order chi connectivity index (χ1) is 10.9. The zero-order valence-corrected chi connectivity index (χ0v) is 12.5. The predicted molar refractivity (Wildman–Crippen MR) is 74.6 cm³/mol. The van der Waals surface area contributed by atoms with Crippen LogP contribution in [0.5, 0.6) is 0 Å². The molecule has 0 aliphatic carbocycles. The van der Waals surface area contributed by atoms with E-state index in [1.807, 2.05) is 4.90 Å². The zero-order valence-electron chi connectivity index (χ0n) is 12.5. The molecule has 0 bridgehead atoms. The predicted octanol–water partition coefficient (Wildman–Crippen LogP) is 3.31. The van der Waals surface area contributed by atoms with Gasteiger partial charge in [-0.2, -0.15) is 18.2 Å². The van der Waals surface area contributed by atoms with Crippen molar-refractivity contribution in [3.8, 4) is 0 Å². The summed E-state index contributed by atoms with van der Waals surface area (Å²) >= 11 is 0. The van der Waals surface area contributed by atoms with Gasteiger partial charge in [0.15, 0.2) is 17.3 Å². The monoisotopic (exact) mass is 327 g/mol. The van der Waals surface area contributed by atoms with E-state index in [1.54, 1.807) is 6.92 Å². The molecule has 0 unspecified atom stereocenters. The molecule has 2 aromatic rings. The van der Waals surface area contributed by atoms with Gasteiger partial charge in [-0.05, 0) is 25.0 Å². The Hall–Kier alpha value is -2.19. The molecule has 3 rings (SSSR count). The smallest absolute Gasteiger partial charge is 0.345 e. The van der Waals surface area contributed by atoms with Crippen molar-refractivity contribution < 1.29 is 17.7 Å². The first-order valence-electron chi connectivity index (χ1n) is 7.43. The van der Waals surface area contributed by atoms with Crippen LogP contribution < -0.4 is 4.90 Å². The van der Waals surface area contributed by atoms with Crippen LogP contribution in [0.2, 0.25) is 0 Å². The Morgan fingerprint density at radius 1 is 1.17 bits per heavy atom. The van der Waals surface area contributed by atoms with Gasteiger partial charge < -0.3 is 9.42 Å². The van der Waals surface area contributed by atoms with Gasteiger partial charge in [0.25, 0.3) is 0 Å². The number of hydrogen-bond donors (Lipinski definition) is 0. The molecule has 23 heavy (non-hydrogen) atoms. The van der Waals surface area contributed by atoms with Crippen molar-refractivity contribution in [1.82, 2.24) is 20.3 Å². The largest absolute Gasteiger partial charge is 0.435 e. The second-order valence-electron chi connectivity index (χ2n) is 5.50. The summed E-state index contributed by atoms with van der Waals surface area (Å²) in [6.45, 7) is 2.37. The van der Waals surface area contributed by atoms with E-state index in [-0.39, 0.29) is 6.04 Å². The van der Waals surface area contributed by atoms with E-state index in [4.69, 9.17) is 4.52 Å². The summed E-state index contributed by atoms with van der Waals surface area (Å²) in [5, 5.41) is 11.0. The number of nitrogens with zero attached hydrogens (tertiary/aromatic N) is 5. The van der Waals surface area contributed by atoms with E-state index in [9.17, 15) is 13.2 Å². The number of halogens is 3. The lowest BCUT2D eigenvalue weighted by atomic mass is 10.1. The van der Waals surface area contributed by atoms with Crippen molar-refractivity contribution >= 4 is 5.82 Å². The standard InChI is InChI=1S/C14H16F3N5O/c1-9-18-13(21-23-9)10-5-3-2-4-8-22(10)12-7-6-11(19-20-12)14(15,16)17/h6-7,10H,2-5,8H2,1H3/t10-/m1/s1. The molecule has 124 valence electrons. The van der Waals surface area contributed by atoms with Crippen LogP contribution in [0, 0.1) is 6.92 Å². The molecule has 0 aromatic carbocycles. The number of rotatable bonds is 2. The lowest BCUT2D eigenvalue weighted by molar-refractivity contribution is -0.141. The summed E-state index contributed by atoms with van der Waals surface area (Å²) in [4.78, 5) is 6.17. The van der Waals surface area contributed by atoms with Gasteiger partial charge in [0.1, 0.15) is 0 Å². The van der Waals surface area contributed by atoms with Crippen LogP contribution in [0.15, 0.2) is 16.7 Å². The fourth-order valence-corrected chi connectivity index (χ4v) is 2.73. The van der Waals surface area contributed by atoms with Gasteiger partial charge in [0, 0.05) is 13.5 Å². The fraction of sp³-hybridized carbons (Fsp3) is 0.571. The van der Waals surface area contributed by atoms with Crippen LogP contribution in [-0.2, 0) is 6.18 Å². The van der Waals surface area contributed by atoms with Gasteiger partial charge in [0.05, 0.1) is 6.04 Å². The van der Waals surface area contributed by atoms with E-state index in [0.29, 0.717) is 24.1 Å². The Morgan fingerprint density at radius 2 is 2.00 bits per heavy atom. The minimum atomic E-state index is -4.49. The van der Waals surface area contributed by atoms with Crippen LogP contribution in [0.4, 0.5) is 19.0 Å². The van der Waals surface area contributed by atoms with E-state index in [0.717, 1.165) is 31.7 Å². The van der Waals surface area contributed by atoms with Gasteiger partial charge in [0.2, 0.25) is 5.89 Å². The topological polar surface area (TPSA) is 67.9 Å². The third-order valence-corrected chi connectivity index (χ3v) is 3.83. The molecule has 2 aromatic heterocycles. The molecule has 1 saturated heterocycles. The molecule has 1 fully saturated rings. The van der Waals surface area contributed by atoms with Crippen molar-refractivity contribution in [2.75, 3.05) is 11.4 Å². The van der Waals surface area contributed by atoms with E-state index in [1.165, 1.54) is 6.07 Å². The van der Waals surface area contributed by atoms with E-state index >= 15 is 0 Å². The summed E-state index contributed by atoms with van der Waals surface area (Å²) in [5.41, 5.74) is -0.997. The average Bonchev–Trinajstić information content (AvgIpc) is 2.80. The third-order valence-electron chi connectivity index (χ3n) is 3.83. The summed E-state index contributed by atoms with van der Waals surface area (Å²) in [7, 11) is 0. The molecule has 3 heterocycles.